The third-order valence-corrected chi connectivity index (χ3v) is 2.46. The molecule has 0 rings (SSSR count). The predicted octanol–water partition coefficient (Wildman–Crippen LogP) is 0.935. The third kappa shape index (κ3) is 6.90. The first kappa shape index (κ1) is 12.8. The third-order valence-electron chi connectivity index (χ3n) is 1.87. The van der Waals surface area contributed by atoms with Crippen LogP contribution >= 0.6 is 11.8 Å². The van der Waals surface area contributed by atoms with Gasteiger partial charge in [-0.15, -0.1) is 0 Å². The highest BCUT2D eigenvalue weighted by atomic mass is 32.2. The Morgan fingerprint density at radius 2 is 2.23 bits per heavy atom. The lowest BCUT2D eigenvalue weighted by molar-refractivity contribution is -0.129. The normalized spacial score (nSPS) is 12.6. The van der Waals surface area contributed by atoms with Gasteiger partial charge in [0.15, 0.2) is 0 Å². The van der Waals surface area contributed by atoms with Crippen LogP contribution in [0.3, 0.4) is 0 Å². The molecule has 4 heteroatoms. The summed E-state index contributed by atoms with van der Waals surface area (Å²) in [6.45, 7) is 2.76. The van der Waals surface area contributed by atoms with Crippen molar-refractivity contribution in [2.24, 2.45) is 5.73 Å². The number of rotatable bonds is 6. The van der Waals surface area contributed by atoms with Gasteiger partial charge in [-0.05, 0) is 19.6 Å². The summed E-state index contributed by atoms with van der Waals surface area (Å²) in [5.41, 5.74) is 5.57. The van der Waals surface area contributed by atoms with E-state index in [0.29, 0.717) is 6.42 Å². The van der Waals surface area contributed by atoms with Crippen molar-refractivity contribution in [2.45, 2.75) is 25.8 Å². The Bertz CT molecular complexity index is 151. The number of nitrogens with zero attached hydrogens (tertiary/aromatic N) is 1. The van der Waals surface area contributed by atoms with E-state index in [1.165, 1.54) is 0 Å². The van der Waals surface area contributed by atoms with Crippen molar-refractivity contribution in [3.63, 3.8) is 0 Å². The Balaban J connectivity index is 3.57. The molecular formula is C9H20N2OS. The molecule has 0 aliphatic heterocycles. The monoisotopic (exact) mass is 204 g/mol. The van der Waals surface area contributed by atoms with Crippen LogP contribution in [0.1, 0.15) is 19.8 Å². The Morgan fingerprint density at radius 3 is 2.69 bits per heavy atom. The molecule has 0 saturated carbocycles. The van der Waals surface area contributed by atoms with Gasteiger partial charge in [-0.25, -0.2) is 0 Å². The lowest BCUT2D eigenvalue weighted by Gasteiger charge is -2.16. The Kier molecular flexibility index (Phi) is 7.09. The zero-order chi connectivity index (χ0) is 10.3. The molecule has 1 amide bonds. The smallest absolute Gasteiger partial charge is 0.222 e. The molecule has 0 aromatic carbocycles. The fourth-order valence-corrected chi connectivity index (χ4v) is 1.35. The van der Waals surface area contributed by atoms with E-state index in [1.54, 1.807) is 16.7 Å². The highest BCUT2D eigenvalue weighted by molar-refractivity contribution is 7.98. The van der Waals surface area contributed by atoms with Crippen LogP contribution in [-0.2, 0) is 4.79 Å². The lowest BCUT2D eigenvalue weighted by atomic mass is 10.2. The number of hydrogen-bond donors (Lipinski definition) is 1. The molecule has 0 aromatic rings. The molecule has 1 unspecified atom stereocenters. The van der Waals surface area contributed by atoms with E-state index >= 15 is 0 Å². The average molecular weight is 204 g/mol. The van der Waals surface area contributed by atoms with Gasteiger partial charge in [-0.2, -0.15) is 11.8 Å². The standard InChI is InChI=1S/C9H20N2OS/c1-8(10)4-5-9(12)11(2)6-7-13-3/h8H,4-7,10H2,1-3H3. The van der Waals surface area contributed by atoms with E-state index in [-0.39, 0.29) is 11.9 Å². The number of hydrogen-bond acceptors (Lipinski definition) is 3. The largest absolute Gasteiger partial charge is 0.345 e. The number of nitrogens with two attached hydrogens (primary N) is 1. The maximum atomic E-state index is 11.4. The van der Waals surface area contributed by atoms with Crippen LogP contribution in [0.15, 0.2) is 0 Å². The van der Waals surface area contributed by atoms with Crippen LogP contribution in [0.5, 0.6) is 0 Å². The van der Waals surface area contributed by atoms with Gasteiger partial charge in [0.25, 0.3) is 0 Å². The van der Waals surface area contributed by atoms with Gasteiger partial charge in [0.2, 0.25) is 5.91 Å². The topological polar surface area (TPSA) is 46.3 Å². The van der Waals surface area contributed by atoms with Crippen molar-refractivity contribution >= 4 is 17.7 Å². The van der Waals surface area contributed by atoms with Crippen molar-refractivity contribution in [3.8, 4) is 0 Å². The fraction of sp³-hybridized carbons (Fsp3) is 0.889. The van der Waals surface area contributed by atoms with Gasteiger partial charge in [0, 0.05) is 31.8 Å². The first-order valence-corrected chi connectivity index (χ1v) is 5.95. The van der Waals surface area contributed by atoms with Crippen molar-refractivity contribution in [1.82, 2.24) is 4.90 Å². The highest BCUT2D eigenvalue weighted by Crippen LogP contribution is 2.00. The summed E-state index contributed by atoms with van der Waals surface area (Å²) in [6.07, 6.45) is 3.39. The Labute approximate surface area is 85.0 Å². The molecule has 0 spiro atoms. The molecule has 0 aromatic heterocycles. The second kappa shape index (κ2) is 7.21. The molecule has 1 atom stereocenters. The maximum absolute atomic E-state index is 11.4. The van der Waals surface area contributed by atoms with E-state index in [9.17, 15) is 4.79 Å². The highest BCUT2D eigenvalue weighted by Gasteiger charge is 2.08. The summed E-state index contributed by atoms with van der Waals surface area (Å²) in [6, 6.07) is 0.123. The molecule has 0 heterocycles. The summed E-state index contributed by atoms with van der Waals surface area (Å²) in [5.74, 6) is 1.20. The summed E-state index contributed by atoms with van der Waals surface area (Å²) in [4.78, 5) is 13.2. The zero-order valence-electron chi connectivity index (χ0n) is 8.75. The van der Waals surface area contributed by atoms with Crippen molar-refractivity contribution in [2.75, 3.05) is 25.6 Å². The molecule has 0 aliphatic carbocycles. The summed E-state index contributed by atoms with van der Waals surface area (Å²) >= 11 is 1.75. The van der Waals surface area contributed by atoms with Crippen molar-refractivity contribution < 1.29 is 4.79 Å². The molecule has 2 N–H and O–H groups in total. The number of thioether (sulfide) groups is 1. The van der Waals surface area contributed by atoms with E-state index in [2.05, 4.69) is 0 Å². The van der Waals surface area contributed by atoms with Gasteiger partial charge < -0.3 is 10.6 Å². The van der Waals surface area contributed by atoms with Crippen LogP contribution < -0.4 is 5.73 Å². The number of amides is 1. The van der Waals surface area contributed by atoms with E-state index in [1.807, 2.05) is 20.2 Å². The molecule has 0 fully saturated rings. The molecule has 0 bridgehead atoms. The quantitative estimate of drug-likeness (QED) is 0.700. The Morgan fingerprint density at radius 1 is 1.62 bits per heavy atom. The molecular weight excluding hydrogens is 184 g/mol. The SMILES string of the molecule is CSCCN(C)C(=O)CCC(C)N. The zero-order valence-corrected chi connectivity index (χ0v) is 9.56. The van der Waals surface area contributed by atoms with Crippen LogP contribution in [0.25, 0.3) is 0 Å². The molecule has 0 radical (unpaired) electrons. The maximum Gasteiger partial charge on any atom is 0.222 e. The minimum absolute atomic E-state index is 0.123. The van der Waals surface area contributed by atoms with Crippen LogP contribution in [-0.4, -0.2) is 42.4 Å². The molecule has 0 saturated heterocycles. The van der Waals surface area contributed by atoms with Gasteiger partial charge in [0.1, 0.15) is 0 Å². The molecule has 0 aliphatic rings. The van der Waals surface area contributed by atoms with Gasteiger partial charge in [-0.1, -0.05) is 0 Å². The summed E-state index contributed by atoms with van der Waals surface area (Å²) in [5, 5.41) is 0. The van der Waals surface area contributed by atoms with Crippen LogP contribution in [0.4, 0.5) is 0 Å². The minimum atomic E-state index is 0.123. The lowest BCUT2D eigenvalue weighted by Crippen LogP contribution is -2.30. The molecule has 3 nitrogen and oxygen atoms in total. The van der Waals surface area contributed by atoms with Crippen LogP contribution in [0, 0.1) is 0 Å². The van der Waals surface area contributed by atoms with Crippen LogP contribution in [0.2, 0.25) is 0 Å². The second-order valence-electron chi connectivity index (χ2n) is 3.32. The van der Waals surface area contributed by atoms with Gasteiger partial charge >= 0.3 is 0 Å². The Hall–Kier alpha value is -0.220. The van der Waals surface area contributed by atoms with Crippen molar-refractivity contribution in [3.05, 3.63) is 0 Å². The summed E-state index contributed by atoms with van der Waals surface area (Å²) < 4.78 is 0. The number of carbonyl (C=O) groups excluding carboxylic acids is 1. The average Bonchev–Trinajstić information content (AvgIpc) is 2.10. The predicted molar refractivity (Wildman–Crippen MR) is 58.9 cm³/mol. The van der Waals surface area contributed by atoms with E-state index in [0.717, 1.165) is 18.7 Å². The second-order valence-corrected chi connectivity index (χ2v) is 4.31. The molecule has 13 heavy (non-hydrogen) atoms. The number of carbonyl (C=O) groups is 1. The van der Waals surface area contributed by atoms with E-state index in [4.69, 9.17) is 5.73 Å². The first-order chi connectivity index (χ1) is 6.07. The first-order valence-electron chi connectivity index (χ1n) is 4.56. The van der Waals surface area contributed by atoms with Crippen molar-refractivity contribution in [1.29, 1.82) is 0 Å². The minimum Gasteiger partial charge on any atom is -0.345 e. The molecule has 78 valence electrons. The summed E-state index contributed by atoms with van der Waals surface area (Å²) in [7, 11) is 1.85. The fourth-order valence-electron chi connectivity index (χ4n) is 0.895. The van der Waals surface area contributed by atoms with Gasteiger partial charge in [-0.3, -0.25) is 4.79 Å². The van der Waals surface area contributed by atoms with E-state index < -0.39 is 0 Å². The van der Waals surface area contributed by atoms with Gasteiger partial charge in [0.05, 0.1) is 0 Å².